The highest BCUT2D eigenvalue weighted by Crippen LogP contribution is 2.67. The van der Waals surface area contributed by atoms with Gasteiger partial charge in [0, 0.05) is 32.1 Å². The average molecular weight is 557 g/mol. The summed E-state index contributed by atoms with van der Waals surface area (Å²) >= 11 is 0. The van der Waals surface area contributed by atoms with E-state index in [9.17, 15) is 14.7 Å². The SMILES string of the molecule is C[C@H](CCC(=O)N1CCN(C(=O)OC(C)(C)C)[C@@H](C)C1)[C@H]1CC[C@H]2[C@@H]3CC=C4C[C@@H](O)CC[C@]4(C)[C@H]3CC[C@]12C. The molecule has 0 unspecified atom stereocenters. The lowest BCUT2D eigenvalue weighted by Gasteiger charge is -2.58. The second kappa shape index (κ2) is 10.9. The number of amides is 2. The van der Waals surface area contributed by atoms with Gasteiger partial charge in [-0.05, 0) is 126 Å². The van der Waals surface area contributed by atoms with Crippen LogP contribution in [0.2, 0.25) is 0 Å². The molecular formula is C34H56N2O4. The van der Waals surface area contributed by atoms with Crippen molar-refractivity contribution in [1.82, 2.24) is 9.80 Å². The highest BCUT2D eigenvalue weighted by Gasteiger charge is 2.59. The van der Waals surface area contributed by atoms with Crippen LogP contribution in [-0.4, -0.2) is 64.3 Å². The number of nitrogens with zero attached hydrogens (tertiary/aromatic N) is 2. The molecule has 1 N–H and O–H groups in total. The smallest absolute Gasteiger partial charge is 0.410 e. The molecule has 2 amide bonds. The number of hydrogen-bond donors (Lipinski definition) is 1. The molecule has 0 aromatic heterocycles. The summed E-state index contributed by atoms with van der Waals surface area (Å²) < 4.78 is 5.57. The maximum Gasteiger partial charge on any atom is 0.410 e. The minimum Gasteiger partial charge on any atom is -0.444 e. The number of aliphatic hydroxyl groups excluding tert-OH is 1. The van der Waals surface area contributed by atoms with Crippen molar-refractivity contribution in [2.24, 2.45) is 40.4 Å². The molecule has 3 saturated carbocycles. The zero-order valence-corrected chi connectivity index (χ0v) is 26.4. The molecule has 0 radical (unpaired) electrons. The minimum atomic E-state index is -0.511. The first kappa shape index (κ1) is 29.9. The van der Waals surface area contributed by atoms with Gasteiger partial charge >= 0.3 is 6.09 Å². The number of rotatable bonds is 4. The van der Waals surface area contributed by atoms with E-state index in [1.807, 2.05) is 32.6 Å². The lowest BCUT2D eigenvalue weighted by molar-refractivity contribution is -0.134. The van der Waals surface area contributed by atoms with Crippen molar-refractivity contribution in [3.63, 3.8) is 0 Å². The van der Waals surface area contributed by atoms with Gasteiger partial charge in [0.1, 0.15) is 5.60 Å². The molecule has 9 atom stereocenters. The minimum absolute atomic E-state index is 0.0333. The normalized spacial score (nSPS) is 40.5. The molecule has 0 aromatic carbocycles. The predicted molar refractivity (Wildman–Crippen MR) is 159 cm³/mol. The van der Waals surface area contributed by atoms with Crippen molar-refractivity contribution in [3.8, 4) is 0 Å². The number of ether oxygens (including phenoxy) is 1. The maximum atomic E-state index is 13.3. The van der Waals surface area contributed by atoms with Crippen molar-refractivity contribution in [3.05, 3.63) is 11.6 Å². The van der Waals surface area contributed by atoms with Crippen LogP contribution in [-0.2, 0) is 9.53 Å². The van der Waals surface area contributed by atoms with Crippen molar-refractivity contribution >= 4 is 12.0 Å². The Bertz CT molecular complexity index is 1000. The van der Waals surface area contributed by atoms with Crippen LogP contribution in [0.5, 0.6) is 0 Å². The van der Waals surface area contributed by atoms with Crippen LogP contribution < -0.4 is 0 Å². The van der Waals surface area contributed by atoms with Gasteiger partial charge in [-0.25, -0.2) is 4.79 Å². The molecule has 0 spiro atoms. The number of piperazine rings is 1. The van der Waals surface area contributed by atoms with E-state index in [0.717, 1.165) is 43.4 Å². The lowest BCUT2D eigenvalue weighted by Crippen LogP contribution is -2.56. The fourth-order valence-electron chi connectivity index (χ4n) is 10.1. The fourth-order valence-corrected chi connectivity index (χ4v) is 10.1. The van der Waals surface area contributed by atoms with E-state index < -0.39 is 5.60 Å². The summed E-state index contributed by atoms with van der Waals surface area (Å²) in [4.78, 5) is 29.6. The number of hydrogen-bond acceptors (Lipinski definition) is 4. The Balaban J connectivity index is 1.16. The van der Waals surface area contributed by atoms with Crippen LogP contribution in [0.15, 0.2) is 11.6 Å². The number of carbonyl (C=O) groups is 2. The first-order valence-electron chi connectivity index (χ1n) is 16.4. The Kier molecular flexibility index (Phi) is 8.18. The van der Waals surface area contributed by atoms with Gasteiger partial charge in [-0.15, -0.1) is 0 Å². The highest BCUT2D eigenvalue weighted by atomic mass is 16.6. The first-order valence-corrected chi connectivity index (χ1v) is 16.4. The van der Waals surface area contributed by atoms with Gasteiger partial charge in [0.2, 0.25) is 5.91 Å². The molecular weight excluding hydrogens is 500 g/mol. The Hall–Kier alpha value is -1.56. The van der Waals surface area contributed by atoms with Gasteiger partial charge in [-0.1, -0.05) is 32.4 Å². The zero-order chi connectivity index (χ0) is 29.0. The van der Waals surface area contributed by atoms with Crippen LogP contribution in [0.25, 0.3) is 0 Å². The summed E-state index contributed by atoms with van der Waals surface area (Å²) in [6, 6.07) is -0.0333. The molecule has 0 aromatic rings. The molecule has 4 aliphatic carbocycles. The zero-order valence-electron chi connectivity index (χ0n) is 26.4. The molecule has 5 aliphatic rings. The van der Waals surface area contributed by atoms with Crippen molar-refractivity contribution in [1.29, 1.82) is 0 Å². The third-order valence-electron chi connectivity index (χ3n) is 12.3. The van der Waals surface area contributed by atoms with Gasteiger partial charge in [-0.3, -0.25) is 4.79 Å². The van der Waals surface area contributed by atoms with E-state index in [1.165, 1.54) is 32.1 Å². The topological polar surface area (TPSA) is 70.1 Å². The fraction of sp³-hybridized carbons (Fsp3) is 0.882. The molecule has 5 rings (SSSR count). The second-order valence-electron chi connectivity index (χ2n) is 15.8. The number of aliphatic hydroxyl groups is 1. The maximum absolute atomic E-state index is 13.3. The quantitative estimate of drug-likeness (QED) is 0.386. The molecule has 0 bridgehead atoms. The lowest BCUT2D eigenvalue weighted by atomic mass is 9.47. The molecule has 1 heterocycles. The summed E-state index contributed by atoms with van der Waals surface area (Å²) in [5.74, 6) is 3.83. The summed E-state index contributed by atoms with van der Waals surface area (Å²) in [6.45, 7) is 16.9. The Labute approximate surface area is 243 Å². The van der Waals surface area contributed by atoms with E-state index in [0.29, 0.717) is 48.7 Å². The van der Waals surface area contributed by atoms with Crippen molar-refractivity contribution < 1.29 is 19.4 Å². The summed E-state index contributed by atoms with van der Waals surface area (Å²) in [6.07, 6.45) is 13.2. The molecule has 6 heteroatoms. The average Bonchev–Trinajstić information content (AvgIpc) is 3.23. The molecule has 226 valence electrons. The van der Waals surface area contributed by atoms with Crippen LogP contribution in [0, 0.1) is 40.4 Å². The third kappa shape index (κ3) is 5.47. The van der Waals surface area contributed by atoms with Gasteiger partial charge in [-0.2, -0.15) is 0 Å². The van der Waals surface area contributed by atoms with Gasteiger partial charge < -0.3 is 19.6 Å². The third-order valence-corrected chi connectivity index (χ3v) is 12.3. The van der Waals surface area contributed by atoms with Gasteiger partial charge in [0.15, 0.2) is 0 Å². The second-order valence-corrected chi connectivity index (χ2v) is 15.8. The summed E-state index contributed by atoms with van der Waals surface area (Å²) in [7, 11) is 0. The van der Waals surface area contributed by atoms with Crippen molar-refractivity contribution in [2.45, 2.75) is 130 Å². The molecule has 6 nitrogen and oxygen atoms in total. The Morgan fingerprint density at radius 1 is 1.10 bits per heavy atom. The van der Waals surface area contributed by atoms with E-state index in [1.54, 1.807) is 10.5 Å². The van der Waals surface area contributed by atoms with Gasteiger partial charge in [0.05, 0.1) is 6.10 Å². The first-order chi connectivity index (χ1) is 18.7. The number of carbonyl (C=O) groups excluding carboxylic acids is 2. The van der Waals surface area contributed by atoms with Crippen LogP contribution >= 0.6 is 0 Å². The van der Waals surface area contributed by atoms with Crippen LogP contribution in [0.1, 0.15) is 113 Å². The number of fused-ring (bicyclic) bond motifs is 5. The van der Waals surface area contributed by atoms with Crippen LogP contribution in [0.3, 0.4) is 0 Å². The van der Waals surface area contributed by atoms with E-state index >= 15 is 0 Å². The summed E-state index contributed by atoms with van der Waals surface area (Å²) in [5, 5.41) is 10.3. The predicted octanol–water partition coefficient (Wildman–Crippen LogP) is 6.81. The number of allylic oxidation sites excluding steroid dienone is 1. The van der Waals surface area contributed by atoms with E-state index in [2.05, 4.69) is 26.8 Å². The Morgan fingerprint density at radius 2 is 1.85 bits per heavy atom. The van der Waals surface area contributed by atoms with Crippen LogP contribution in [0.4, 0.5) is 4.79 Å². The van der Waals surface area contributed by atoms with Gasteiger partial charge in [0.25, 0.3) is 0 Å². The standard InChI is InChI=1S/C34H56N2O4/c1-22(8-13-30(38)35-18-19-36(23(2)21-35)31(39)40-32(3,4)5)27-11-12-28-26-10-9-24-20-25(37)14-16-33(24,6)29(26)15-17-34(27,28)7/h9,22-23,25-29,37H,8,10-21H2,1-7H3/t22-,23+,25+,26+,27-,28+,29+,33+,34-/m1/s1. The Morgan fingerprint density at radius 3 is 2.55 bits per heavy atom. The molecule has 1 aliphatic heterocycles. The highest BCUT2D eigenvalue weighted by molar-refractivity contribution is 5.77. The molecule has 40 heavy (non-hydrogen) atoms. The van der Waals surface area contributed by atoms with E-state index in [-0.39, 0.29) is 24.1 Å². The molecule has 1 saturated heterocycles. The van der Waals surface area contributed by atoms with Crippen molar-refractivity contribution in [2.75, 3.05) is 19.6 Å². The molecule has 4 fully saturated rings. The summed E-state index contributed by atoms with van der Waals surface area (Å²) in [5.41, 5.74) is 1.72. The van der Waals surface area contributed by atoms with E-state index in [4.69, 9.17) is 4.74 Å². The monoisotopic (exact) mass is 556 g/mol. The largest absolute Gasteiger partial charge is 0.444 e.